The molecule has 0 saturated carbocycles. The third-order valence-corrected chi connectivity index (χ3v) is 4.10. The van der Waals surface area contributed by atoms with Gasteiger partial charge in [0.25, 0.3) is 5.91 Å². The molecule has 108 valence electrons. The Morgan fingerprint density at radius 3 is 2.86 bits per heavy atom. The number of carbonyl (C=O) groups excluding carboxylic acids is 1. The van der Waals surface area contributed by atoms with Gasteiger partial charge in [0.2, 0.25) is 0 Å². The van der Waals surface area contributed by atoms with Crippen LogP contribution in [-0.2, 0) is 6.42 Å². The second-order valence-electron chi connectivity index (χ2n) is 5.35. The number of hydrogen-bond acceptors (Lipinski definition) is 1. The van der Waals surface area contributed by atoms with Gasteiger partial charge in [-0.15, -0.1) is 0 Å². The van der Waals surface area contributed by atoms with Crippen molar-refractivity contribution >= 4 is 23.2 Å². The first-order valence-corrected chi connectivity index (χ1v) is 7.31. The van der Waals surface area contributed by atoms with E-state index in [0.29, 0.717) is 10.6 Å². The van der Waals surface area contributed by atoms with Crippen molar-refractivity contribution in [3.63, 3.8) is 0 Å². The lowest BCUT2D eigenvalue weighted by atomic mass is 9.95. The van der Waals surface area contributed by atoms with Gasteiger partial charge in [0.15, 0.2) is 0 Å². The van der Waals surface area contributed by atoms with Crippen LogP contribution in [0.3, 0.4) is 0 Å². The number of carbonyl (C=O) groups is 1. The molecule has 0 radical (unpaired) electrons. The zero-order valence-corrected chi connectivity index (χ0v) is 12.4. The van der Waals surface area contributed by atoms with E-state index in [9.17, 15) is 9.18 Å². The minimum Gasteiger partial charge on any atom is -0.305 e. The molecule has 4 heteroatoms. The fourth-order valence-corrected chi connectivity index (χ4v) is 2.98. The van der Waals surface area contributed by atoms with Crippen LogP contribution in [0.4, 0.5) is 10.1 Å². The van der Waals surface area contributed by atoms with E-state index in [1.165, 1.54) is 12.1 Å². The Kier molecular flexibility index (Phi) is 3.68. The van der Waals surface area contributed by atoms with Crippen molar-refractivity contribution in [3.8, 4) is 0 Å². The summed E-state index contributed by atoms with van der Waals surface area (Å²) in [6, 6.07) is 11.6. The standard InChI is InChI=1S/C17H15ClFNO/c1-11-5-6-12-10-15(19)7-8-16(12)20(11)17(21)13-3-2-4-14(18)9-13/h2-4,7-11H,5-6H2,1H3. The van der Waals surface area contributed by atoms with Crippen LogP contribution in [-0.4, -0.2) is 11.9 Å². The summed E-state index contributed by atoms with van der Waals surface area (Å²) in [5.74, 6) is -0.365. The molecule has 0 N–H and O–H groups in total. The van der Waals surface area contributed by atoms with E-state index >= 15 is 0 Å². The molecule has 0 fully saturated rings. The van der Waals surface area contributed by atoms with Gasteiger partial charge in [0.05, 0.1) is 0 Å². The summed E-state index contributed by atoms with van der Waals surface area (Å²) in [6.45, 7) is 2.01. The molecular weight excluding hydrogens is 289 g/mol. The lowest BCUT2D eigenvalue weighted by Gasteiger charge is -2.35. The second-order valence-corrected chi connectivity index (χ2v) is 5.78. The smallest absolute Gasteiger partial charge is 0.258 e. The van der Waals surface area contributed by atoms with Crippen molar-refractivity contribution in [2.45, 2.75) is 25.8 Å². The highest BCUT2D eigenvalue weighted by atomic mass is 35.5. The molecule has 1 unspecified atom stereocenters. The minimum absolute atomic E-state index is 0.0782. The summed E-state index contributed by atoms with van der Waals surface area (Å²) >= 11 is 5.96. The van der Waals surface area contributed by atoms with Crippen LogP contribution in [0.25, 0.3) is 0 Å². The molecule has 0 aliphatic carbocycles. The van der Waals surface area contributed by atoms with Crippen molar-refractivity contribution in [2.24, 2.45) is 0 Å². The van der Waals surface area contributed by atoms with E-state index in [0.717, 1.165) is 24.1 Å². The zero-order chi connectivity index (χ0) is 15.0. The van der Waals surface area contributed by atoms with Crippen molar-refractivity contribution in [3.05, 3.63) is 64.4 Å². The molecule has 2 aromatic rings. The van der Waals surface area contributed by atoms with Crippen LogP contribution in [0, 0.1) is 5.82 Å². The van der Waals surface area contributed by atoms with E-state index < -0.39 is 0 Å². The van der Waals surface area contributed by atoms with Gasteiger partial charge < -0.3 is 4.90 Å². The summed E-state index contributed by atoms with van der Waals surface area (Å²) in [5.41, 5.74) is 2.22. The Bertz CT molecular complexity index is 701. The van der Waals surface area contributed by atoms with Gasteiger partial charge in [0.1, 0.15) is 5.82 Å². The maximum Gasteiger partial charge on any atom is 0.258 e. The molecule has 0 bridgehead atoms. The van der Waals surface area contributed by atoms with Crippen LogP contribution in [0.1, 0.15) is 29.3 Å². The molecule has 2 nitrogen and oxygen atoms in total. The van der Waals surface area contributed by atoms with Crippen LogP contribution >= 0.6 is 11.6 Å². The second kappa shape index (κ2) is 5.49. The molecule has 1 amide bonds. The average Bonchev–Trinajstić information content (AvgIpc) is 2.47. The van der Waals surface area contributed by atoms with E-state index in [2.05, 4.69) is 0 Å². The van der Waals surface area contributed by atoms with Gasteiger partial charge >= 0.3 is 0 Å². The third kappa shape index (κ3) is 2.66. The number of fused-ring (bicyclic) bond motifs is 1. The van der Waals surface area contributed by atoms with Crippen molar-refractivity contribution in [2.75, 3.05) is 4.90 Å². The lowest BCUT2D eigenvalue weighted by Crippen LogP contribution is -2.42. The van der Waals surface area contributed by atoms with Crippen molar-refractivity contribution in [1.29, 1.82) is 0 Å². The Hall–Kier alpha value is -1.87. The number of benzene rings is 2. The fourth-order valence-electron chi connectivity index (χ4n) is 2.79. The summed E-state index contributed by atoms with van der Waals surface area (Å²) in [4.78, 5) is 14.5. The average molecular weight is 304 g/mol. The number of rotatable bonds is 1. The van der Waals surface area contributed by atoms with Gasteiger partial charge in [-0.3, -0.25) is 4.79 Å². The van der Waals surface area contributed by atoms with E-state index in [-0.39, 0.29) is 17.8 Å². The SMILES string of the molecule is CC1CCc2cc(F)ccc2N1C(=O)c1cccc(Cl)c1. The quantitative estimate of drug-likeness (QED) is 0.761. The highest BCUT2D eigenvalue weighted by Crippen LogP contribution is 2.32. The molecular formula is C17H15ClFNO. The number of anilines is 1. The maximum atomic E-state index is 13.4. The highest BCUT2D eigenvalue weighted by Gasteiger charge is 2.29. The molecule has 0 saturated heterocycles. The molecule has 21 heavy (non-hydrogen) atoms. The summed E-state index contributed by atoms with van der Waals surface area (Å²) in [6.07, 6.45) is 1.61. The predicted octanol–water partition coefficient (Wildman–Crippen LogP) is 4.46. The Balaban J connectivity index is 2.03. The number of aryl methyl sites for hydroxylation is 1. The predicted molar refractivity (Wildman–Crippen MR) is 82.4 cm³/mol. The Labute approximate surface area is 128 Å². The molecule has 3 rings (SSSR count). The molecule has 1 atom stereocenters. The summed E-state index contributed by atoms with van der Waals surface area (Å²) in [5, 5.41) is 0.532. The normalized spacial score (nSPS) is 17.5. The monoisotopic (exact) mass is 303 g/mol. The number of halogens is 2. The zero-order valence-electron chi connectivity index (χ0n) is 11.6. The fraction of sp³-hybridized carbons (Fsp3) is 0.235. The number of nitrogens with zero attached hydrogens (tertiary/aromatic N) is 1. The van der Waals surface area contributed by atoms with Crippen LogP contribution < -0.4 is 4.90 Å². The molecule has 1 aliphatic rings. The first-order chi connectivity index (χ1) is 10.1. The first-order valence-electron chi connectivity index (χ1n) is 6.94. The van der Waals surface area contributed by atoms with Crippen LogP contribution in [0.2, 0.25) is 5.02 Å². The van der Waals surface area contributed by atoms with Gasteiger partial charge in [-0.2, -0.15) is 0 Å². The van der Waals surface area contributed by atoms with Gasteiger partial charge in [-0.1, -0.05) is 17.7 Å². The third-order valence-electron chi connectivity index (χ3n) is 3.86. The van der Waals surface area contributed by atoms with Crippen molar-refractivity contribution < 1.29 is 9.18 Å². The van der Waals surface area contributed by atoms with Gasteiger partial charge in [-0.25, -0.2) is 4.39 Å². The molecule has 0 spiro atoms. The maximum absolute atomic E-state index is 13.4. The van der Waals surface area contributed by atoms with E-state index in [1.54, 1.807) is 35.2 Å². The van der Waals surface area contributed by atoms with Crippen molar-refractivity contribution in [1.82, 2.24) is 0 Å². The molecule has 0 aromatic heterocycles. The molecule has 2 aromatic carbocycles. The largest absolute Gasteiger partial charge is 0.305 e. The summed E-state index contributed by atoms with van der Waals surface area (Å²) < 4.78 is 13.4. The van der Waals surface area contributed by atoms with Gasteiger partial charge in [0, 0.05) is 22.3 Å². The molecule has 1 heterocycles. The number of amides is 1. The Morgan fingerprint density at radius 2 is 2.10 bits per heavy atom. The van der Waals surface area contributed by atoms with Gasteiger partial charge in [-0.05, 0) is 61.7 Å². The Morgan fingerprint density at radius 1 is 1.29 bits per heavy atom. The minimum atomic E-state index is -0.265. The molecule has 1 aliphatic heterocycles. The van der Waals surface area contributed by atoms with E-state index in [1.807, 2.05) is 6.92 Å². The van der Waals surface area contributed by atoms with Crippen LogP contribution in [0.15, 0.2) is 42.5 Å². The topological polar surface area (TPSA) is 20.3 Å². The number of hydrogen-bond donors (Lipinski definition) is 0. The van der Waals surface area contributed by atoms with Crippen LogP contribution in [0.5, 0.6) is 0 Å². The summed E-state index contributed by atoms with van der Waals surface area (Å²) in [7, 11) is 0. The lowest BCUT2D eigenvalue weighted by molar-refractivity contribution is 0.0975. The highest BCUT2D eigenvalue weighted by molar-refractivity contribution is 6.31. The van der Waals surface area contributed by atoms with E-state index in [4.69, 9.17) is 11.6 Å². The first kappa shape index (κ1) is 14.1.